The van der Waals surface area contributed by atoms with Gasteiger partial charge in [0.05, 0.1) is 0 Å². The molecule has 16 heavy (non-hydrogen) atoms. The Morgan fingerprint density at radius 2 is 2.00 bits per heavy atom. The van der Waals surface area contributed by atoms with Gasteiger partial charge in [-0.1, -0.05) is 0 Å². The number of carbonyl (C=O) groups excluding carboxylic acids is 1. The first-order valence-corrected chi connectivity index (χ1v) is 7.47. The van der Waals surface area contributed by atoms with Gasteiger partial charge < -0.3 is 0 Å². The molecule has 0 radical (unpaired) electrons. The molecular weight excluding hydrogens is 284 g/mol. The van der Waals surface area contributed by atoms with E-state index >= 15 is 0 Å². The van der Waals surface area contributed by atoms with Gasteiger partial charge in [-0.15, -0.1) is 0 Å². The molecule has 0 bridgehead atoms. The second-order valence-electron chi connectivity index (χ2n) is 3.02. The monoisotopic (exact) mass is 293 g/mol. The molecule has 0 aromatic heterocycles. The molecule has 0 aliphatic carbocycles. The van der Waals surface area contributed by atoms with Crippen molar-refractivity contribution < 1.29 is 26.2 Å². The van der Waals surface area contributed by atoms with Gasteiger partial charge in [-0.25, -0.2) is 0 Å². The van der Waals surface area contributed by atoms with Crippen LogP contribution in [0.5, 0.6) is 5.75 Å². The van der Waals surface area contributed by atoms with Crippen LogP contribution < -0.4 is 9.67 Å². The van der Waals surface area contributed by atoms with E-state index in [4.69, 9.17) is 8.19 Å². The summed E-state index contributed by atoms with van der Waals surface area (Å²) in [6.07, 6.45) is 0. The Labute approximate surface area is 92.7 Å². The van der Waals surface area contributed by atoms with Gasteiger partial charge >= 0.3 is 92.3 Å². The summed E-state index contributed by atoms with van der Waals surface area (Å²) < 4.78 is 41.4. The second kappa shape index (κ2) is 4.29. The second-order valence-corrected chi connectivity index (χ2v) is 6.31. The number of phenols is 1. The zero-order chi connectivity index (χ0) is 12.5. The number of anilines is 1. The normalized spacial score (nSPS) is 11.2. The molecule has 0 spiro atoms. The zero-order valence-electron chi connectivity index (χ0n) is 8.14. The number of hydrogen-bond donors (Lipinski definition) is 4. The molecule has 88 valence electrons. The minimum absolute atomic E-state index is 0.577. The van der Waals surface area contributed by atoms with E-state index in [2.05, 4.69) is 0 Å². The third-order valence-corrected chi connectivity index (χ3v) is 3.82. The van der Waals surface area contributed by atoms with Crippen molar-refractivity contribution in [3.8, 4) is 5.75 Å². The van der Waals surface area contributed by atoms with E-state index in [1.807, 2.05) is 5.32 Å². The Morgan fingerprint density at radius 3 is 2.44 bits per heavy atom. The van der Waals surface area contributed by atoms with Crippen molar-refractivity contribution in [1.29, 1.82) is 0 Å². The SMILES string of the molecule is CC(=O)Nc1c([As](=O)(O)O)ccc(F)c1O. The summed E-state index contributed by atoms with van der Waals surface area (Å²) in [5.74, 6) is -2.74. The molecule has 0 aliphatic heterocycles. The van der Waals surface area contributed by atoms with Gasteiger partial charge in [-0.2, -0.15) is 0 Å². The van der Waals surface area contributed by atoms with E-state index in [1.54, 1.807) is 0 Å². The van der Waals surface area contributed by atoms with Crippen LogP contribution >= 0.6 is 0 Å². The average Bonchev–Trinajstić information content (AvgIpc) is 2.10. The van der Waals surface area contributed by atoms with E-state index in [1.165, 1.54) is 0 Å². The van der Waals surface area contributed by atoms with Crippen molar-refractivity contribution >= 4 is 30.1 Å². The maximum absolute atomic E-state index is 13.0. The van der Waals surface area contributed by atoms with Gasteiger partial charge in [0.25, 0.3) is 0 Å². The first kappa shape index (κ1) is 12.8. The number of hydrogen-bond acceptors (Lipinski definition) is 3. The van der Waals surface area contributed by atoms with Gasteiger partial charge in [0, 0.05) is 0 Å². The Bertz CT molecular complexity index is 484. The first-order valence-electron chi connectivity index (χ1n) is 4.08. The minimum atomic E-state index is -5.34. The zero-order valence-corrected chi connectivity index (χ0v) is 10.0. The third kappa shape index (κ3) is 2.63. The van der Waals surface area contributed by atoms with Crippen LogP contribution in [-0.4, -0.2) is 33.4 Å². The Morgan fingerprint density at radius 1 is 1.44 bits per heavy atom. The molecule has 1 rings (SSSR count). The standard InChI is InChI=1S/C8H9AsFNO5/c1-4(12)11-7-5(9(14,15)16)2-3-6(10)8(7)13/h2-3,13H,1H3,(H,11,12)(H2,14,15,16). The summed E-state index contributed by atoms with van der Waals surface area (Å²) in [4.78, 5) is 10.8. The van der Waals surface area contributed by atoms with E-state index in [9.17, 15) is 18.0 Å². The molecule has 0 aliphatic rings. The molecule has 1 aromatic rings. The van der Waals surface area contributed by atoms with Crippen LogP contribution in [0.3, 0.4) is 0 Å². The molecule has 0 saturated carbocycles. The summed E-state index contributed by atoms with van der Waals surface area (Å²) in [6, 6.07) is 1.55. The molecule has 4 N–H and O–H groups in total. The van der Waals surface area contributed by atoms with Gasteiger partial charge in [0.15, 0.2) is 0 Å². The van der Waals surface area contributed by atoms with E-state index in [0.29, 0.717) is 0 Å². The summed E-state index contributed by atoms with van der Waals surface area (Å²) in [5, 5.41) is 11.3. The Kier molecular flexibility index (Phi) is 3.42. The van der Waals surface area contributed by atoms with Gasteiger partial charge in [-0.05, 0) is 0 Å². The molecule has 0 fully saturated rings. The van der Waals surface area contributed by atoms with E-state index < -0.39 is 41.7 Å². The van der Waals surface area contributed by atoms with Gasteiger partial charge in [0.1, 0.15) is 0 Å². The van der Waals surface area contributed by atoms with Crippen molar-refractivity contribution in [1.82, 2.24) is 0 Å². The fourth-order valence-corrected chi connectivity index (χ4v) is 2.61. The summed E-state index contributed by atoms with van der Waals surface area (Å²) in [7, 11) is 0. The Hall–Kier alpha value is -1.30. The molecule has 0 heterocycles. The number of amides is 1. The molecule has 0 saturated heterocycles. The summed E-state index contributed by atoms with van der Waals surface area (Å²) in [5.41, 5.74) is -0.583. The Balaban J connectivity index is 3.45. The predicted molar refractivity (Wildman–Crippen MR) is 52.9 cm³/mol. The van der Waals surface area contributed by atoms with Gasteiger partial charge in [-0.3, -0.25) is 0 Å². The quantitative estimate of drug-likeness (QED) is 0.415. The van der Waals surface area contributed by atoms with Crippen LogP contribution in [-0.2, 0) is 8.53 Å². The van der Waals surface area contributed by atoms with Crippen molar-refractivity contribution in [3.05, 3.63) is 17.9 Å². The average molecular weight is 293 g/mol. The number of carbonyl (C=O) groups is 1. The molecule has 1 aromatic carbocycles. The number of phenolic OH excluding ortho intramolecular Hbond substituents is 1. The summed E-state index contributed by atoms with van der Waals surface area (Å²) in [6.45, 7) is 1.07. The predicted octanol–water partition coefficient (Wildman–Crippen LogP) is -0.949. The van der Waals surface area contributed by atoms with Crippen molar-refractivity contribution in [2.45, 2.75) is 6.92 Å². The van der Waals surface area contributed by atoms with Crippen LogP contribution in [0.4, 0.5) is 10.1 Å². The number of aromatic hydroxyl groups is 1. The number of nitrogens with one attached hydrogen (secondary N) is 1. The number of benzene rings is 1. The van der Waals surface area contributed by atoms with Gasteiger partial charge in [0.2, 0.25) is 0 Å². The van der Waals surface area contributed by atoms with Crippen LogP contribution in [0.2, 0.25) is 0 Å². The van der Waals surface area contributed by atoms with Crippen LogP contribution in [0.25, 0.3) is 0 Å². The molecule has 6 nitrogen and oxygen atoms in total. The fourth-order valence-electron chi connectivity index (χ4n) is 1.10. The number of halogens is 1. The van der Waals surface area contributed by atoms with Crippen molar-refractivity contribution in [2.24, 2.45) is 0 Å². The van der Waals surface area contributed by atoms with E-state index in [-0.39, 0.29) is 0 Å². The fraction of sp³-hybridized carbons (Fsp3) is 0.125. The molecular formula is C8H9AsFNO5. The van der Waals surface area contributed by atoms with Crippen LogP contribution in [0, 0.1) is 5.82 Å². The number of rotatable bonds is 2. The molecule has 0 atom stereocenters. The van der Waals surface area contributed by atoms with Crippen molar-refractivity contribution in [2.75, 3.05) is 5.32 Å². The molecule has 0 unspecified atom stereocenters. The maximum atomic E-state index is 13.0. The molecule has 8 heteroatoms. The summed E-state index contributed by atoms with van der Waals surface area (Å²) >= 11 is -5.34. The topological polar surface area (TPSA) is 107 Å². The first-order chi connectivity index (χ1) is 7.23. The van der Waals surface area contributed by atoms with Crippen LogP contribution in [0.15, 0.2) is 12.1 Å². The molecule has 1 amide bonds. The van der Waals surface area contributed by atoms with Crippen molar-refractivity contribution in [3.63, 3.8) is 0 Å². The van der Waals surface area contributed by atoms with Crippen LogP contribution in [0.1, 0.15) is 6.92 Å². The van der Waals surface area contributed by atoms with E-state index in [0.717, 1.165) is 19.1 Å². The third-order valence-electron chi connectivity index (χ3n) is 1.72.